The van der Waals surface area contributed by atoms with Gasteiger partial charge >= 0.3 is 0 Å². The highest BCUT2D eigenvalue weighted by Crippen LogP contribution is 2.36. The first kappa shape index (κ1) is 22.1. The number of halogens is 1. The van der Waals surface area contributed by atoms with Crippen LogP contribution in [0.4, 0.5) is 17.1 Å². The van der Waals surface area contributed by atoms with Crippen LogP contribution in [0, 0.1) is 10.1 Å². The standard InChI is InChI=1S/C21H20ClN5O4S/c22-15-8-6-9-16(19(15)26-11-4-1-5-12-26)23-18(28)13-32-21-25-24-20(31-21)14-7-2-3-10-17(14)27(29)30/h2-3,6-10H,1,4-5,11-13H2,(H,23,28). The third-order valence-corrected chi connectivity index (χ3v) is 6.12. The van der Waals surface area contributed by atoms with E-state index in [1.807, 2.05) is 12.1 Å². The average molecular weight is 474 g/mol. The Morgan fingerprint density at radius 1 is 1.16 bits per heavy atom. The van der Waals surface area contributed by atoms with Gasteiger partial charge < -0.3 is 14.6 Å². The Kier molecular flexibility index (Phi) is 6.91. The van der Waals surface area contributed by atoms with Gasteiger partial charge in [0.05, 0.1) is 27.1 Å². The third-order valence-electron chi connectivity index (χ3n) is 5.00. The molecule has 166 valence electrons. The summed E-state index contributed by atoms with van der Waals surface area (Å²) in [5, 5.41) is 22.6. The summed E-state index contributed by atoms with van der Waals surface area (Å²) in [6.07, 6.45) is 3.37. The second-order valence-electron chi connectivity index (χ2n) is 7.17. The fourth-order valence-electron chi connectivity index (χ4n) is 3.56. The number of nitrogens with one attached hydrogen (secondary N) is 1. The molecule has 32 heavy (non-hydrogen) atoms. The van der Waals surface area contributed by atoms with Crippen molar-refractivity contribution in [1.82, 2.24) is 10.2 Å². The number of amides is 1. The van der Waals surface area contributed by atoms with Gasteiger partial charge in [0.2, 0.25) is 5.91 Å². The van der Waals surface area contributed by atoms with Crippen molar-refractivity contribution in [2.45, 2.75) is 24.5 Å². The molecule has 1 saturated heterocycles. The van der Waals surface area contributed by atoms with E-state index in [9.17, 15) is 14.9 Å². The zero-order valence-electron chi connectivity index (χ0n) is 17.0. The number of hydrogen-bond donors (Lipinski definition) is 1. The maximum absolute atomic E-state index is 12.6. The lowest BCUT2D eigenvalue weighted by Crippen LogP contribution is -2.30. The van der Waals surface area contributed by atoms with E-state index in [-0.39, 0.29) is 34.0 Å². The van der Waals surface area contributed by atoms with Gasteiger partial charge in [-0.3, -0.25) is 14.9 Å². The minimum atomic E-state index is -0.509. The molecule has 9 nitrogen and oxygen atoms in total. The summed E-state index contributed by atoms with van der Waals surface area (Å²) in [6, 6.07) is 11.6. The molecule has 0 atom stereocenters. The number of rotatable bonds is 7. The minimum absolute atomic E-state index is 0.0300. The van der Waals surface area contributed by atoms with Crippen LogP contribution < -0.4 is 10.2 Å². The molecule has 1 aliphatic heterocycles. The maximum atomic E-state index is 12.6. The zero-order chi connectivity index (χ0) is 22.5. The molecular weight excluding hydrogens is 454 g/mol. The van der Waals surface area contributed by atoms with Crippen molar-refractivity contribution >= 4 is 46.3 Å². The van der Waals surface area contributed by atoms with Crippen LogP contribution >= 0.6 is 23.4 Å². The molecule has 11 heteroatoms. The van der Waals surface area contributed by atoms with Crippen LogP contribution in [-0.4, -0.2) is 39.9 Å². The molecule has 1 aliphatic rings. The molecule has 1 N–H and O–H groups in total. The Bertz CT molecular complexity index is 1130. The summed E-state index contributed by atoms with van der Waals surface area (Å²) in [4.78, 5) is 25.5. The summed E-state index contributed by atoms with van der Waals surface area (Å²) in [5.41, 5.74) is 1.60. The Morgan fingerprint density at radius 3 is 2.72 bits per heavy atom. The van der Waals surface area contributed by atoms with Crippen LogP contribution in [0.5, 0.6) is 0 Å². The molecule has 0 spiro atoms. The zero-order valence-corrected chi connectivity index (χ0v) is 18.6. The maximum Gasteiger partial charge on any atom is 0.282 e. The summed E-state index contributed by atoms with van der Waals surface area (Å²) in [5.74, 6) is -0.187. The first-order valence-corrected chi connectivity index (χ1v) is 11.4. The molecule has 3 aromatic rings. The van der Waals surface area contributed by atoms with Crippen molar-refractivity contribution in [3.05, 3.63) is 57.6 Å². The smallest absolute Gasteiger partial charge is 0.282 e. The van der Waals surface area contributed by atoms with Crippen molar-refractivity contribution in [3.63, 3.8) is 0 Å². The number of para-hydroxylation sites is 2. The molecule has 1 fully saturated rings. The largest absolute Gasteiger partial charge is 0.411 e. The number of anilines is 2. The molecule has 1 amide bonds. The van der Waals surface area contributed by atoms with Gasteiger partial charge in [0.25, 0.3) is 16.8 Å². The quantitative estimate of drug-likeness (QED) is 0.289. The molecule has 4 rings (SSSR count). The van der Waals surface area contributed by atoms with E-state index < -0.39 is 4.92 Å². The molecule has 1 aromatic heterocycles. The lowest BCUT2D eigenvalue weighted by molar-refractivity contribution is -0.384. The number of carbonyl (C=O) groups is 1. The van der Waals surface area contributed by atoms with Crippen LogP contribution in [0.25, 0.3) is 11.5 Å². The number of carbonyl (C=O) groups excluding carboxylic acids is 1. The van der Waals surface area contributed by atoms with Gasteiger partial charge in [-0.15, -0.1) is 10.2 Å². The molecule has 2 aromatic carbocycles. The second-order valence-corrected chi connectivity index (χ2v) is 8.50. The number of nitro groups is 1. The number of nitro benzene ring substituents is 1. The van der Waals surface area contributed by atoms with E-state index in [2.05, 4.69) is 20.4 Å². The summed E-state index contributed by atoms with van der Waals surface area (Å²) in [6.45, 7) is 1.80. The highest BCUT2D eigenvalue weighted by atomic mass is 35.5. The van der Waals surface area contributed by atoms with Gasteiger partial charge in [-0.1, -0.05) is 41.6 Å². The van der Waals surface area contributed by atoms with Gasteiger partial charge in [0, 0.05) is 19.2 Å². The first-order chi connectivity index (χ1) is 15.5. The predicted octanol–water partition coefficient (Wildman–Crippen LogP) is 5.02. The SMILES string of the molecule is O=C(CSc1nnc(-c2ccccc2[N+](=O)[O-])o1)Nc1cccc(Cl)c1N1CCCCC1. The van der Waals surface area contributed by atoms with Crippen LogP contribution in [0.2, 0.25) is 5.02 Å². The van der Waals surface area contributed by atoms with Gasteiger partial charge in [-0.25, -0.2) is 0 Å². The number of aromatic nitrogens is 2. The molecular formula is C21H20ClN5O4S. The summed E-state index contributed by atoms with van der Waals surface area (Å²) in [7, 11) is 0. The molecule has 0 bridgehead atoms. The number of benzene rings is 2. The number of thioether (sulfide) groups is 1. The molecule has 0 radical (unpaired) electrons. The van der Waals surface area contributed by atoms with Crippen molar-refractivity contribution < 1.29 is 14.1 Å². The lowest BCUT2D eigenvalue weighted by atomic mass is 10.1. The van der Waals surface area contributed by atoms with Crippen LogP contribution in [-0.2, 0) is 4.79 Å². The Morgan fingerprint density at radius 2 is 1.94 bits per heavy atom. The Balaban J connectivity index is 1.42. The van der Waals surface area contributed by atoms with E-state index in [4.69, 9.17) is 16.0 Å². The first-order valence-electron chi connectivity index (χ1n) is 10.1. The van der Waals surface area contributed by atoms with Gasteiger partial charge in [-0.2, -0.15) is 0 Å². The van der Waals surface area contributed by atoms with Gasteiger partial charge in [0.15, 0.2) is 0 Å². The van der Waals surface area contributed by atoms with E-state index >= 15 is 0 Å². The monoisotopic (exact) mass is 473 g/mol. The molecule has 0 saturated carbocycles. The fraction of sp³-hybridized carbons (Fsp3) is 0.286. The normalized spacial score (nSPS) is 13.7. The molecule has 2 heterocycles. The topological polar surface area (TPSA) is 114 Å². The number of nitrogens with zero attached hydrogens (tertiary/aromatic N) is 4. The van der Waals surface area contributed by atoms with Crippen molar-refractivity contribution in [2.75, 3.05) is 29.1 Å². The Hall–Kier alpha value is -3.11. The van der Waals surface area contributed by atoms with Crippen LogP contribution in [0.3, 0.4) is 0 Å². The van der Waals surface area contributed by atoms with Crippen molar-refractivity contribution in [3.8, 4) is 11.5 Å². The van der Waals surface area contributed by atoms with E-state index in [0.717, 1.165) is 43.4 Å². The summed E-state index contributed by atoms with van der Waals surface area (Å²) < 4.78 is 5.53. The van der Waals surface area contributed by atoms with Crippen molar-refractivity contribution in [2.24, 2.45) is 0 Å². The van der Waals surface area contributed by atoms with E-state index in [1.54, 1.807) is 18.2 Å². The number of piperidine rings is 1. The predicted molar refractivity (Wildman–Crippen MR) is 123 cm³/mol. The molecule has 0 aliphatic carbocycles. The Labute approximate surface area is 193 Å². The van der Waals surface area contributed by atoms with Crippen LogP contribution in [0.15, 0.2) is 52.1 Å². The third kappa shape index (κ3) is 5.03. The highest BCUT2D eigenvalue weighted by Gasteiger charge is 2.21. The second kappa shape index (κ2) is 10.0. The highest BCUT2D eigenvalue weighted by molar-refractivity contribution is 7.99. The van der Waals surface area contributed by atoms with Crippen molar-refractivity contribution in [1.29, 1.82) is 0 Å². The van der Waals surface area contributed by atoms with Gasteiger partial charge in [0.1, 0.15) is 5.56 Å². The average Bonchev–Trinajstić information content (AvgIpc) is 3.27. The number of hydrogen-bond acceptors (Lipinski definition) is 8. The molecule has 0 unspecified atom stereocenters. The van der Waals surface area contributed by atoms with E-state index in [0.29, 0.717) is 10.7 Å². The minimum Gasteiger partial charge on any atom is -0.411 e. The van der Waals surface area contributed by atoms with Crippen LogP contribution in [0.1, 0.15) is 19.3 Å². The summed E-state index contributed by atoms with van der Waals surface area (Å²) >= 11 is 7.49. The van der Waals surface area contributed by atoms with E-state index in [1.165, 1.54) is 18.6 Å². The fourth-order valence-corrected chi connectivity index (χ4v) is 4.42. The lowest BCUT2D eigenvalue weighted by Gasteiger charge is -2.31. The van der Waals surface area contributed by atoms with Gasteiger partial charge in [-0.05, 0) is 37.5 Å².